The fourth-order valence-corrected chi connectivity index (χ4v) is 4.07. The van der Waals surface area contributed by atoms with Crippen LogP contribution < -0.4 is 0 Å². The van der Waals surface area contributed by atoms with Gasteiger partial charge in [0.25, 0.3) is 0 Å². The van der Waals surface area contributed by atoms with Gasteiger partial charge >= 0.3 is 5.97 Å². The van der Waals surface area contributed by atoms with Gasteiger partial charge in [-0.2, -0.15) is 0 Å². The van der Waals surface area contributed by atoms with Gasteiger partial charge in [0.05, 0.1) is 11.3 Å². The van der Waals surface area contributed by atoms with E-state index in [2.05, 4.69) is 41.9 Å². The minimum Gasteiger partial charge on any atom is -0.313 e. The molecule has 0 aliphatic heterocycles. The summed E-state index contributed by atoms with van der Waals surface area (Å²) in [6.45, 7) is 6.87. The number of carbonyl (C=O) groups excluding carboxylic acids is 1. The minimum atomic E-state index is -0.390. The molecule has 2 aliphatic carbocycles. The van der Waals surface area contributed by atoms with Crippen molar-refractivity contribution in [1.82, 2.24) is 0 Å². The molecule has 3 nitrogen and oxygen atoms in total. The molecule has 21 heavy (non-hydrogen) atoms. The topological polar surface area (TPSA) is 38.7 Å². The normalized spacial score (nSPS) is 31.6. The molecule has 2 atom stereocenters. The fraction of sp³-hybridized carbons (Fsp3) is 0.529. The van der Waals surface area contributed by atoms with Crippen molar-refractivity contribution in [3.63, 3.8) is 0 Å². The molecule has 0 radical (unpaired) electrons. The van der Waals surface area contributed by atoms with Crippen LogP contribution in [0.1, 0.15) is 50.4 Å². The zero-order valence-electron chi connectivity index (χ0n) is 12.6. The summed E-state index contributed by atoms with van der Waals surface area (Å²) in [6, 6.07) is 7.12. The maximum Gasteiger partial charge on any atom is 0.365 e. The highest BCUT2D eigenvalue weighted by atomic mass is 79.9. The minimum absolute atomic E-state index is 0.0671. The molecule has 0 amide bonds. The van der Waals surface area contributed by atoms with Crippen LogP contribution in [0.4, 0.5) is 0 Å². The number of nitrogens with zero attached hydrogens (tertiary/aromatic N) is 1. The van der Waals surface area contributed by atoms with Crippen LogP contribution in [0, 0.1) is 16.7 Å². The van der Waals surface area contributed by atoms with Crippen LogP contribution in [-0.2, 0) is 4.84 Å². The molecule has 0 N–H and O–H groups in total. The third-order valence-corrected chi connectivity index (χ3v) is 6.36. The Balaban J connectivity index is 1.76. The molecule has 2 aliphatic rings. The van der Waals surface area contributed by atoms with Crippen molar-refractivity contribution in [2.45, 2.75) is 40.0 Å². The van der Waals surface area contributed by atoms with Gasteiger partial charge in [0.15, 0.2) is 0 Å². The third-order valence-electron chi connectivity index (χ3n) is 5.83. The quantitative estimate of drug-likeness (QED) is 0.567. The van der Waals surface area contributed by atoms with Crippen molar-refractivity contribution in [3.8, 4) is 0 Å². The summed E-state index contributed by atoms with van der Waals surface area (Å²) in [5.41, 5.74) is 1.89. The summed E-state index contributed by atoms with van der Waals surface area (Å²) < 4.78 is 0.938. The van der Waals surface area contributed by atoms with Crippen LogP contribution in [0.2, 0.25) is 0 Å². The van der Waals surface area contributed by atoms with Gasteiger partial charge < -0.3 is 4.84 Å². The number of fused-ring (bicyclic) bond motifs is 2. The van der Waals surface area contributed by atoms with Crippen LogP contribution in [0.3, 0.4) is 0 Å². The maximum absolute atomic E-state index is 12.0. The van der Waals surface area contributed by atoms with E-state index in [9.17, 15) is 4.79 Å². The Morgan fingerprint density at radius 2 is 1.95 bits per heavy atom. The van der Waals surface area contributed by atoms with E-state index in [0.717, 1.165) is 23.0 Å². The summed E-state index contributed by atoms with van der Waals surface area (Å²) in [6.07, 6.45) is 3.35. The van der Waals surface area contributed by atoms with E-state index in [1.807, 2.05) is 12.1 Å². The molecule has 2 fully saturated rings. The number of oxime groups is 1. The second-order valence-corrected chi connectivity index (χ2v) is 7.83. The Hall–Kier alpha value is -1.16. The zero-order valence-corrected chi connectivity index (χ0v) is 14.2. The SMILES string of the molecule is CC1(C)[C@H]2CC[C@]1(C)C(=NOC(=O)c1ccc(Br)cc1)C2. The summed E-state index contributed by atoms with van der Waals surface area (Å²) >= 11 is 3.35. The Morgan fingerprint density at radius 1 is 1.29 bits per heavy atom. The van der Waals surface area contributed by atoms with Gasteiger partial charge in [-0.05, 0) is 54.9 Å². The van der Waals surface area contributed by atoms with Crippen molar-refractivity contribution in [2.24, 2.45) is 21.9 Å². The van der Waals surface area contributed by atoms with Gasteiger partial charge in [-0.3, -0.25) is 0 Å². The number of carbonyl (C=O) groups is 1. The molecule has 0 heterocycles. The maximum atomic E-state index is 12.0. The van der Waals surface area contributed by atoms with Crippen LogP contribution in [0.15, 0.2) is 33.9 Å². The van der Waals surface area contributed by atoms with Gasteiger partial charge in [0, 0.05) is 9.89 Å². The van der Waals surface area contributed by atoms with Crippen molar-refractivity contribution in [3.05, 3.63) is 34.3 Å². The number of hydrogen-bond donors (Lipinski definition) is 0. The number of rotatable bonds is 2. The lowest BCUT2D eigenvalue weighted by Crippen LogP contribution is -2.32. The Bertz CT molecular complexity index is 606. The molecular weight excluding hydrogens is 330 g/mol. The van der Waals surface area contributed by atoms with Crippen molar-refractivity contribution >= 4 is 27.6 Å². The van der Waals surface area contributed by atoms with Crippen molar-refractivity contribution < 1.29 is 9.63 Å². The summed E-state index contributed by atoms with van der Waals surface area (Å²) in [5, 5.41) is 4.23. The molecule has 112 valence electrons. The lowest BCUT2D eigenvalue weighted by Gasteiger charge is -2.34. The predicted molar refractivity (Wildman–Crippen MR) is 86.2 cm³/mol. The molecule has 4 heteroatoms. The Morgan fingerprint density at radius 3 is 2.48 bits per heavy atom. The lowest BCUT2D eigenvalue weighted by atomic mass is 9.70. The highest BCUT2D eigenvalue weighted by Gasteiger charge is 2.60. The van der Waals surface area contributed by atoms with Gasteiger partial charge in [0.1, 0.15) is 0 Å². The molecule has 0 spiro atoms. The molecule has 2 saturated carbocycles. The van der Waals surface area contributed by atoms with E-state index in [1.54, 1.807) is 12.1 Å². The van der Waals surface area contributed by atoms with E-state index in [4.69, 9.17) is 4.84 Å². The molecule has 3 rings (SSSR count). The highest BCUT2D eigenvalue weighted by molar-refractivity contribution is 9.10. The van der Waals surface area contributed by atoms with Crippen LogP contribution in [-0.4, -0.2) is 11.7 Å². The number of benzene rings is 1. The highest BCUT2D eigenvalue weighted by Crippen LogP contribution is 2.63. The van der Waals surface area contributed by atoms with E-state index < -0.39 is 0 Å². The first-order chi connectivity index (χ1) is 9.84. The molecule has 0 unspecified atom stereocenters. The van der Waals surface area contributed by atoms with E-state index in [1.165, 1.54) is 6.42 Å². The number of halogens is 1. The van der Waals surface area contributed by atoms with Gasteiger partial charge in [-0.25, -0.2) is 4.79 Å². The second kappa shape index (κ2) is 4.94. The first-order valence-electron chi connectivity index (χ1n) is 7.39. The monoisotopic (exact) mass is 349 g/mol. The standard InChI is InChI=1S/C17H20BrNO2/c1-16(2)12-8-9-17(16,3)14(10-12)19-21-15(20)11-4-6-13(18)7-5-11/h4-7,12H,8-10H2,1-3H3/t12-,17+/m0/s1. The Kier molecular flexibility index (Phi) is 3.47. The molecule has 0 saturated heterocycles. The van der Waals surface area contributed by atoms with Crippen LogP contribution in [0.5, 0.6) is 0 Å². The van der Waals surface area contributed by atoms with E-state index in [0.29, 0.717) is 11.5 Å². The smallest absolute Gasteiger partial charge is 0.313 e. The molecule has 1 aromatic rings. The second-order valence-electron chi connectivity index (χ2n) is 6.92. The van der Waals surface area contributed by atoms with E-state index >= 15 is 0 Å². The van der Waals surface area contributed by atoms with Crippen molar-refractivity contribution in [2.75, 3.05) is 0 Å². The van der Waals surface area contributed by atoms with E-state index in [-0.39, 0.29) is 16.8 Å². The molecule has 2 bridgehead atoms. The van der Waals surface area contributed by atoms with Crippen molar-refractivity contribution in [1.29, 1.82) is 0 Å². The fourth-order valence-electron chi connectivity index (χ4n) is 3.80. The predicted octanol–water partition coefficient (Wildman–Crippen LogP) is 4.81. The summed E-state index contributed by atoms with van der Waals surface area (Å²) in [5.74, 6) is 0.270. The Labute approximate surface area is 133 Å². The molecule has 1 aromatic carbocycles. The zero-order chi connectivity index (χ0) is 15.3. The first kappa shape index (κ1) is 14.8. The van der Waals surface area contributed by atoms with Crippen LogP contribution in [0.25, 0.3) is 0 Å². The largest absolute Gasteiger partial charge is 0.365 e. The number of hydrogen-bond acceptors (Lipinski definition) is 3. The lowest BCUT2D eigenvalue weighted by molar-refractivity contribution is 0.0508. The molecular formula is C17H20BrNO2. The van der Waals surface area contributed by atoms with Crippen LogP contribution >= 0.6 is 15.9 Å². The first-order valence-corrected chi connectivity index (χ1v) is 8.18. The average Bonchev–Trinajstić information content (AvgIpc) is 2.78. The molecule has 0 aromatic heterocycles. The summed E-state index contributed by atoms with van der Waals surface area (Å²) in [4.78, 5) is 17.2. The third kappa shape index (κ3) is 2.24. The van der Waals surface area contributed by atoms with Gasteiger partial charge in [-0.1, -0.05) is 41.9 Å². The van der Waals surface area contributed by atoms with Gasteiger partial charge in [0.2, 0.25) is 0 Å². The summed E-state index contributed by atoms with van der Waals surface area (Å²) in [7, 11) is 0. The average molecular weight is 350 g/mol. The van der Waals surface area contributed by atoms with Gasteiger partial charge in [-0.15, -0.1) is 0 Å².